The zero-order valence-electron chi connectivity index (χ0n) is 14.3. The van der Waals surface area contributed by atoms with Gasteiger partial charge in [0, 0.05) is 16.9 Å². The second-order valence-corrected chi connectivity index (χ2v) is 6.00. The first-order valence-corrected chi connectivity index (χ1v) is 8.24. The summed E-state index contributed by atoms with van der Waals surface area (Å²) < 4.78 is 5.23. The van der Waals surface area contributed by atoms with Crippen molar-refractivity contribution >= 4 is 34.8 Å². The number of anilines is 3. The van der Waals surface area contributed by atoms with Gasteiger partial charge in [0.15, 0.2) is 0 Å². The van der Waals surface area contributed by atoms with E-state index >= 15 is 0 Å². The highest BCUT2D eigenvalue weighted by Crippen LogP contribution is 2.28. The van der Waals surface area contributed by atoms with E-state index in [9.17, 15) is 4.79 Å². The number of aryl methyl sites for hydroxylation is 1. The lowest BCUT2D eigenvalue weighted by molar-refractivity contribution is 0.102. The normalized spacial score (nSPS) is 10.3. The van der Waals surface area contributed by atoms with Crippen molar-refractivity contribution in [3.63, 3.8) is 0 Å². The van der Waals surface area contributed by atoms with Crippen LogP contribution in [0.1, 0.15) is 16.1 Å². The zero-order valence-corrected chi connectivity index (χ0v) is 15.0. The van der Waals surface area contributed by atoms with Crippen molar-refractivity contribution in [2.24, 2.45) is 0 Å². The molecule has 1 heterocycles. The van der Waals surface area contributed by atoms with Crippen LogP contribution in [0.3, 0.4) is 0 Å². The number of nitrogens with zero attached hydrogens (tertiary/aromatic N) is 2. The number of nitrogens with one attached hydrogen (secondary N) is 2. The average molecular weight is 369 g/mol. The summed E-state index contributed by atoms with van der Waals surface area (Å²) in [5, 5.41) is 6.33. The maximum atomic E-state index is 12.5. The lowest BCUT2D eigenvalue weighted by Crippen LogP contribution is -2.15. The third kappa shape index (κ3) is 4.29. The Morgan fingerprint density at radius 1 is 1.15 bits per heavy atom. The average Bonchev–Trinajstić information content (AvgIpc) is 2.62. The van der Waals surface area contributed by atoms with Gasteiger partial charge < -0.3 is 15.4 Å². The predicted octanol–water partition coefficient (Wildman–Crippen LogP) is 4.44. The summed E-state index contributed by atoms with van der Waals surface area (Å²) in [6.07, 6.45) is 1.52. The zero-order chi connectivity index (χ0) is 18.5. The summed E-state index contributed by atoms with van der Waals surface area (Å²) in [6, 6.07) is 14.3. The fourth-order valence-corrected chi connectivity index (χ4v) is 2.53. The van der Waals surface area contributed by atoms with Crippen LogP contribution in [0.2, 0.25) is 5.02 Å². The molecule has 3 rings (SSSR count). The minimum Gasteiger partial charge on any atom is -0.495 e. The first-order valence-electron chi connectivity index (χ1n) is 7.87. The van der Waals surface area contributed by atoms with Crippen molar-refractivity contribution < 1.29 is 9.53 Å². The van der Waals surface area contributed by atoms with Crippen LogP contribution >= 0.6 is 11.6 Å². The van der Waals surface area contributed by atoms with Gasteiger partial charge in [-0.05, 0) is 48.9 Å². The summed E-state index contributed by atoms with van der Waals surface area (Å²) in [4.78, 5) is 20.9. The quantitative estimate of drug-likeness (QED) is 0.696. The molecule has 0 fully saturated rings. The van der Waals surface area contributed by atoms with Crippen LogP contribution in [0.25, 0.3) is 0 Å². The molecule has 6 nitrogen and oxygen atoms in total. The molecule has 0 aliphatic heterocycles. The minimum absolute atomic E-state index is 0.220. The number of rotatable bonds is 5. The highest BCUT2D eigenvalue weighted by atomic mass is 35.5. The molecule has 1 aromatic heterocycles. The molecular formula is C19H17ClN4O2. The molecule has 0 aliphatic carbocycles. The number of amides is 1. The molecule has 0 saturated heterocycles. The number of hydrogen-bond acceptors (Lipinski definition) is 5. The molecule has 132 valence electrons. The minimum atomic E-state index is -0.389. The van der Waals surface area contributed by atoms with Crippen LogP contribution < -0.4 is 15.4 Å². The molecule has 0 spiro atoms. The first kappa shape index (κ1) is 17.7. The van der Waals surface area contributed by atoms with E-state index in [1.165, 1.54) is 19.4 Å². The van der Waals surface area contributed by atoms with E-state index in [4.69, 9.17) is 16.3 Å². The number of hydrogen-bond donors (Lipinski definition) is 2. The number of carbonyl (C=O) groups is 1. The van der Waals surface area contributed by atoms with Crippen molar-refractivity contribution in [2.45, 2.75) is 6.92 Å². The second kappa shape index (κ2) is 7.84. The highest BCUT2D eigenvalue weighted by Gasteiger charge is 2.13. The van der Waals surface area contributed by atoms with Crippen molar-refractivity contribution in [3.05, 3.63) is 71.0 Å². The Morgan fingerprint density at radius 2 is 2.00 bits per heavy atom. The summed E-state index contributed by atoms with van der Waals surface area (Å²) in [6.45, 7) is 1.99. The predicted molar refractivity (Wildman–Crippen MR) is 102 cm³/mol. The van der Waals surface area contributed by atoms with E-state index in [0.717, 1.165) is 11.3 Å². The molecule has 0 aliphatic rings. The highest BCUT2D eigenvalue weighted by molar-refractivity contribution is 6.31. The van der Waals surface area contributed by atoms with Gasteiger partial charge in [-0.15, -0.1) is 0 Å². The van der Waals surface area contributed by atoms with Gasteiger partial charge in [-0.3, -0.25) is 4.79 Å². The standard InChI is InChI=1S/C19H17ClN4O2/c1-12-4-3-5-14(10-12)22-19-21-9-8-15(24-19)18(25)23-16-11-13(20)6-7-17(16)26-2/h3-11H,1-2H3,(H,23,25)(H,21,22,24). The Kier molecular flexibility index (Phi) is 5.34. The molecule has 0 radical (unpaired) electrons. The number of carbonyl (C=O) groups excluding carboxylic acids is 1. The van der Waals surface area contributed by atoms with Crippen molar-refractivity contribution in [2.75, 3.05) is 17.7 Å². The third-order valence-corrected chi connectivity index (χ3v) is 3.81. The summed E-state index contributed by atoms with van der Waals surface area (Å²) >= 11 is 5.99. The van der Waals surface area contributed by atoms with Crippen LogP contribution in [0, 0.1) is 6.92 Å². The number of aromatic nitrogens is 2. The number of benzene rings is 2. The third-order valence-electron chi connectivity index (χ3n) is 3.57. The van der Waals surface area contributed by atoms with Crippen molar-refractivity contribution in [1.29, 1.82) is 0 Å². The Morgan fingerprint density at radius 3 is 2.77 bits per heavy atom. The van der Waals surface area contributed by atoms with Gasteiger partial charge in [0.1, 0.15) is 11.4 Å². The van der Waals surface area contributed by atoms with Crippen LogP contribution in [0.4, 0.5) is 17.3 Å². The van der Waals surface area contributed by atoms with Gasteiger partial charge >= 0.3 is 0 Å². The van der Waals surface area contributed by atoms with E-state index < -0.39 is 0 Å². The fourth-order valence-electron chi connectivity index (χ4n) is 2.36. The summed E-state index contributed by atoms with van der Waals surface area (Å²) in [5.74, 6) is 0.455. The summed E-state index contributed by atoms with van der Waals surface area (Å²) in [5.41, 5.74) is 2.64. The van der Waals surface area contributed by atoms with E-state index in [0.29, 0.717) is 22.4 Å². The van der Waals surface area contributed by atoms with Gasteiger partial charge in [0.2, 0.25) is 5.95 Å². The first-order chi connectivity index (χ1) is 12.5. The topological polar surface area (TPSA) is 76.1 Å². The molecule has 2 N–H and O–H groups in total. The van der Waals surface area contributed by atoms with E-state index in [-0.39, 0.29) is 11.6 Å². The Balaban J connectivity index is 1.79. The Hall–Kier alpha value is -3.12. The molecule has 0 saturated carbocycles. The van der Waals surface area contributed by atoms with Gasteiger partial charge in [0.05, 0.1) is 12.8 Å². The number of ether oxygens (including phenoxy) is 1. The smallest absolute Gasteiger partial charge is 0.274 e. The largest absolute Gasteiger partial charge is 0.495 e. The van der Waals surface area contributed by atoms with Crippen molar-refractivity contribution in [1.82, 2.24) is 9.97 Å². The van der Waals surface area contributed by atoms with Gasteiger partial charge in [-0.1, -0.05) is 23.7 Å². The monoisotopic (exact) mass is 368 g/mol. The van der Waals surface area contributed by atoms with E-state index in [2.05, 4.69) is 20.6 Å². The van der Waals surface area contributed by atoms with E-state index in [1.807, 2.05) is 31.2 Å². The molecule has 3 aromatic rings. The molecule has 0 bridgehead atoms. The molecule has 26 heavy (non-hydrogen) atoms. The number of halogens is 1. The second-order valence-electron chi connectivity index (χ2n) is 5.56. The van der Waals surface area contributed by atoms with Gasteiger partial charge in [-0.2, -0.15) is 0 Å². The lowest BCUT2D eigenvalue weighted by Gasteiger charge is -2.11. The molecular weight excluding hydrogens is 352 g/mol. The van der Waals surface area contributed by atoms with Crippen LogP contribution in [0.5, 0.6) is 5.75 Å². The molecule has 0 unspecified atom stereocenters. The maximum Gasteiger partial charge on any atom is 0.274 e. The van der Waals surface area contributed by atoms with Crippen LogP contribution in [-0.2, 0) is 0 Å². The molecule has 7 heteroatoms. The van der Waals surface area contributed by atoms with Gasteiger partial charge in [0.25, 0.3) is 5.91 Å². The van der Waals surface area contributed by atoms with E-state index in [1.54, 1.807) is 18.2 Å². The Labute approximate surface area is 156 Å². The SMILES string of the molecule is COc1ccc(Cl)cc1NC(=O)c1ccnc(Nc2cccc(C)c2)n1. The van der Waals surface area contributed by atoms with Crippen LogP contribution in [0.15, 0.2) is 54.7 Å². The molecule has 2 aromatic carbocycles. The maximum absolute atomic E-state index is 12.5. The molecule has 0 atom stereocenters. The van der Waals surface area contributed by atoms with Crippen molar-refractivity contribution in [3.8, 4) is 5.75 Å². The van der Waals surface area contributed by atoms with Crippen LogP contribution in [-0.4, -0.2) is 23.0 Å². The van der Waals surface area contributed by atoms with Gasteiger partial charge in [-0.25, -0.2) is 9.97 Å². The Bertz CT molecular complexity index is 946. The lowest BCUT2D eigenvalue weighted by atomic mass is 10.2. The summed E-state index contributed by atoms with van der Waals surface area (Å²) in [7, 11) is 1.52. The fraction of sp³-hybridized carbons (Fsp3) is 0.105. The number of methoxy groups -OCH3 is 1. The molecule has 1 amide bonds.